The van der Waals surface area contributed by atoms with Crippen molar-refractivity contribution in [1.29, 1.82) is 0 Å². The average molecular weight is 486 g/mol. The van der Waals surface area contributed by atoms with E-state index >= 15 is 0 Å². The van der Waals surface area contributed by atoms with Crippen molar-refractivity contribution in [2.24, 2.45) is 5.92 Å². The van der Waals surface area contributed by atoms with Crippen LogP contribution in [0.4, 0.5) is 11.5 Å². The van der Waals surface area contributed by atoms with E-state index in [0.717, 1.165) is 5.82 Å². The molecule has 0 unspecified atom stereocenters. The molecule has 182 valence electrons. The van der Waals surface area contributed by atoms with Crippen LogP contribution < -0.4 is 9.80 Å². The molecule has 1 aromatic heterocycles. The van der Waals surface area contributed by atoms with Crippen LogP contribution in [0.1, 0.15) is 20.3 Å². The number of carbonyl (C=O) groups is 2. The van der Waals surface area contributed by atoms with Gasteiger partial charge in [-0.2, -0.15) is 4.31 Å². The van der Waals surface area contributed by atoms with Gasteiger partial charge >= 0.3 is 0 Å². The number of aromatic nitrogens is 1. The average Bonchev–Trinajstić information content (AvgIpc) is 3.26. The molecule has 2 amide bonds. The molecule has 2 aromatic rings. The van der Waals surface area contributed by atoms with Crippen LogP contribution in [0.2, 0.25) is 0 Å². The predicted octanol–water partition coefficient (Wildman–Crippen LogP) is 1.81. The normalized spacial score (nSPS) is 19.2. The number of benzene rings is 1. The molecule has 4 rings (SSSR count). The molecule has 2 aliphatic rings. The molecule has 0 aliphatic carbocycles. The SMILES string of the molecule is CCN(CC)S(=O)(=O)c1ccc(N2C[C@@H](C(=O)N3CCN(c4ccccn4)CC3)CC2=O)cc1. The third-order valence-corrected chi connectivity index (χ3v) is 8.59. The topological polar surface area (TPSA) is 94.1 Å². The first-order chi connectivity index (χ1) is 16.3. The number of hydrogen-bond acceptors (Lipinski definition) is 6. The fraction of sp³-hybridized carbons (Fsp3) is 0.458. The number of sulfonamides is 1. The van der Waals surface area contributed by atoms with Crippen molar-refractivity contribution in [2.45, 2.75) is 25.2 Å². The van der Waals surface area contributed by atoms with Crippen LogP contribution >= 0.6 is 0 Å². The van der Waals surface area contributed by atoms with E-state index in [1.54, 1.807) is 37.1 Å². The molecule has 9 nitrogen and oxygen atoms in total. The molecule has 2 fully saturated rings. The molecule has 2 saturated heterocycles. The van der Waals surface area contributed by atoms with E-state index in [1.165, 1.54) is 16.4 Å². The fourth-order valence-corrected chi connectivity index (χ4v) is 6.05. The van der Waals surface area contributed by atoms with E-state index in [2.05, 4.69) is 9.88 Å². The van der Waals surface area contributed by atoms with Gasteiger partial charge in [0.15, 0.2) is 0 Å². The highest BCUT2D eigenvalue weighted by Gasteiger charge is 2.38. The first-order valence-corrected chi connectivity index (χ1v) is 13.1. The first-order valence-electron chi connectivity index (χ1n) is 11.7. The Labute approximate surface area is 201 Å². The minimum Gasteiger partial charge on any atom is -0.353 e. The molecule has 0 saturated carbocycles. The molecule has 0 N–H and O–H groups in total. The van der Waals surface area contributed by atoms with Gasteiger partial charge in [-0.15, -0.1) is 0 Å². The maximum atomic E-state index is 13.1. The lowest BCUT2D eigenvalue weighted by atomic mass is 10.1. The minimum atomic E-state index is -3.56. The highest BCUT2D eigenvalue weighted by molar-refractivity contribution is 7.89. The Morgan fingerprint density at radius 2 is 1.71 bits per heavy atom. The minimum absolute atomic E-state index is 0.00254. The van der Waals surface area contributed by atoms with Gasteiger partial charge in [0, 0.05) is 64.1 Å². The zero-order valence-corrected chi connectivity index (χ0v) is 20.4. The van der Waals surface area contributed by atoms with Crippen LogP contribution in [0.25, 0.3) is 0 Å². The Morgan fingerprint density at radius 3 is 2.29 bits per heavy atom. The highest BCUT2D eigenvalue weighted by atomic mass is 32.2. The lowest BCUT2D eigenvalue weighted by Crippen LogP contribution is -2.51. The van der Waals surface area contributed by atoms with E-state index in [1.807, 2.05) is 23.1 Å². The molecule has 0 radical (unpaired) electrons. The monoisotopic (exact) mass is 485 g/mol. The van der Waals surface area contributed by atoms with Gasteiger partial charge < -0.3 is 14.7 Å². The van der Waals surface area contributed by atoms with Crippen LogP contribution in [0.5, 0.6) is 0 Å². The van der Waals surface area contributed by atoms with E-state index in [-0.39, 0.29) is 23.1 Å². The van der Waals surface area contributed by atoms with Gasteiger partial charge in [-0.25, -0.2) is 13.4 Å². The lowest BCUT2D eigenvalue weighted by Gasteiger charge is -2.36. The molecule has 10 heteroatoms. The summed E-state index contributed by atoms with van der Waals surface area (Å²) in [5.41, 5.74) is 0.610. The van der Waals surface area contributed by atoms with E-state index in [0.29, 0.717) is 51.5 Å². The second kappa shape index (κ2) is 10.1. The Morgan fingerprint density at radius 1 is 1.03 bits per heavy atom. The summed E-state index contributed by atoms with van der Waals surface area (Å²) in [5.74, 6) is 0.387. The van der Waals surface area contributed by atoms with E-state index in [4.69, 9.17) is 0 Å². The van der Waals surface area contributed by atoms with Gasteiger partial charge in [-0.3, -0.25) is 9.59 Å². The summed E-state index contributed by atoms with van der Waals surface area (Å²) in [6, 6.07) is 12.1. The molecule has 2 aliphatic heterocycles. The van der Waals surface area contributed by atoms with E-state index in [9.17, 15) is 18.0 Å². The third kappa shape index (κ3) is 4.78. The van der Waals surface area contributed by atoms with Gasteiger partial charge in [0.2, 0.25) is 21.8 Å². The van der Waals surface area contributed by atoms with E-state index < -0.39 is 15.9 Å². The van der Waals surface area contributed by atoms with Gasteiger partial charge in [-0.05, 0) is 36.4 Å². The number of anilines is 2. The molecular formula is C24H31N5O4S. The highest BCUT2D eigenvalue weighted by Crippen LogP contribution is 2.28. The van der Waals surface area contributed by atoms with Gasteiger partial charge in [0.25, 0.3) is 0 Å². The fourth-order valence-electron chi connectivity index (χ4n) is 4.59. The number of carbonyl (C=O) groups excluding carboxylic acids is 2. The van der Waals surface area contributed by atoms with Crippen molar-refractivity contribution in [1.82, 2.24) is 14.2 Å². The Kier molecular flexibility index (Phi) is 7.18. The van der Waals surface area contributed by atoms with Crippen molar-refractivity contribution < 1.29 is 18.0 Å². The summed E-state index contributed by atoms with van der Waals surface area (Å²) in [6.07, 6.45) is 1.93. The predicted molar refractivity (Wildman–Crippen MR) is 130 cm³/mol. The molecule has 1 aromatic carbocycles. The molecule has 34 heavy (non-hydrogen) atoms. The molecule has 0 spiro atoms. The summed E-state index contributed by atoms with van der Waals surface area (Å²) < 4.78 is 26.8. The quantitative estimate of drug-likeness (QED) is 0.594. The van der Waals surface area contributed by atoms with Crippen molar-refractivity contribution in [2.75, 3.05) is 55.6 Å². The Balaban J connectivity index is 1.38. The second-order valence-electron chi connectivity index (χ2n) is 8.49. The number of hydrogen-bond donors (Lipinski definition) is 0. The van der Waals surface area contributed by atoms with Crippen LogP contribution in [0, 0.1) is 5.92 Å². The maximum absolute atomic E-state index is 13.1. The Hall–Kier alpha value is -2.98. The molecule has 3 heterocycles. The summed E-state index contributed by atoms with van der Waals surface area (Å²) in [7, 11) is -3.56. The zero-order chi connectivity index (χ0) is 24.3. The summed E-state index contributed by atoms with van der Waals surface area (Å²) in [4.78, 5) is 36.0. The smallest absolute Gasteiger partial charge is 0.243 e. The Bertz CT molecular complexity index is 1110. The molecule has 1 atom stereocenters. The van der Waals surface area contributed by atoms with Gasteiger partial charge in [0.1, 0.15) is 5.82 Å². The summed E-state index contributed by atoms with van der Waals surface area (Å²) in [6.45, 7) is 7.29. The number of rotatable bonds is 7. The van der Waals surface area contributed by atoms with Crippen molar-refractivity contribution >= 4 is 33.3 Å². The van der Waals surface area contributed by atoms with Crippen LogP contribution in [0.3, 0.4) is 0 Å². The molecule has 0 bridgehead atoms. The van der Waals surface area contributed by atoms with Crippen molar-refractivity contribution in [3.8, 4) is 0 Å². The van der Waals surface area contributed by atoms with Crippen molar-refractivity contribution in [3.05, 3.63) is 48.7 Å². The number of amides is 2. The standard InChI is InChI=1S/C24H31N5O4S/c1-3-28(4-2)34(32,33)21-10-8-20(9-11-21)29-18-19(17-23(29)30)24(31)27-15-13-26(14-16-27)22-7-5-6-12-25-22/h5-12,19H,3-4,13-18H2,1-2H3/t19-/m0/s1. The molecular weight excluding hydrogens is 454 g/mol. The lowest BCUT2D eigenvalue weighted by molar-refractivity contribution is -0.136. The number of pyridine rings is 1. The third-order valence-electron chi connectivity index (χ3n) is 6.53. The van der Waals surface area contributed by atoms with Crippen LogP contribution in [0.15, 0.2) is 53.6 Å². The second-order valence-corrected chi connectivity index (χ2v) is 10.4. The van der Waals surface area contributed by atoms with Crippen LogP contribution in [-0.4, -0.2) is 80.2 Å². The van der Waals surface area contributed by atoms with Crippen molar-refractivity contribution in [3.63, 3.8) is 0 Å². The van der Waals surface area contributed by atoms with Crippen LogP contribution in [-0.2, 0) is 19.6 Å². The zero-order valence-electron chi connectivity index (χ0n) is 19.6. The van der Waals surface area contributed by atoms with Gasteiger partial charge in [0.05, 0.1) is 10.8 Å². The first kappa shape index (κ1) is 24.2. The number of piperazine rings is 1. The maximum Gasteiger partial charge on any atom is 0.243 e. The largest absolute Gasteiger partial charge is 0.353 e. The summed E-state index contributed by atoms with van der Waals surface area (Å²) >= 11 is 0. The van der Waals surface area contributed by atoms with Gasteiger partial charge in [-0.1, -0.05) is 19.9 Å². The summed E-state index contributed by atoms with van der Waals surface area (Å²) in [5, 5.41) is 0. The number of nitrogens with zero attached hydrogens (tertiary/aromatic N) is 5.